The summed E-state index contributed by atoms with van der Waals surface area (Å²) in [5.41, 5.74) is 1.26. The van der Waals surface area contributed by atoms with E-state index in [9.17, 15) is 0 Å². The molecule has 0 unspecified atom stereocenters. The lowest BCUT2D eigenvalue weighted by molar-refractivity contribution is 0.527. The van der Waals surface area contributed by atoms with Crippen molar-refractivity contribution in [3.63, 3.8) is 0 Å². The van der Waals surface area contributed by atoms with Gasteiger partial charge in [0, 0.05) is 15.9 Å². The molecule has 0 atom stereocenters. The highest BCUT2D eigenvalue weighted by Crippen LogP contribution is 2.33. The standard InChI is InChI=1S/C13H14BrNOS/c1-9-13(5-6-16-9)17-11-4-3-10(8-15-2)12(14)7-11/h3-7,15H,8H2,1-2H3. The van der Waals surface area contributed by atoms with Crippen LogP contribution in [-0.2, 0) is 6.54 Å². The second-order valence-electron chi connectivity index (χ2n) is 3.73. The molecule has 1 heterocycles. The Morgan fingerprint density at radius 2 is 2.18 bits per heavy atom. The Hall–Kier alpha value is -0.710. The average Bonchev–Trinajstić information content (AvgIpc) is 2.69. The van der Waals surface area contributed by atoms with E-state index in [1.54, 1.807) is 18.0 Å². The maximum Gasteiger partial charge on any atom is 0.114 e. The van der Waals surface area contributed by atoms with Crippen LogP contribution >= 0.6 is 27.7 Å². The van der Waals surface area contributed by atoms with Crippen LogP contribution in [0.15, 0.2) is 49.2 Å². The van der Waals surface area contributed by atoms with Crippen LogP contribution in [0.5, 0.6) is 0 Å². The zero-order valence-corrected chi connectivity index (χ0v) is 12.2. The number of aryl methyl sites for hydroxylation is 1. The van der Waals surface area contributed by atoms with E-state index in [4.69, 9.17) is 4.42 Å². The van der Waals surface area contributed by atoms with E-state index in [-0.39, 0.29) is 0 Å². The molecular weight excluding hydrogens is 298 g/mol. The molecule has 90 valence electrons. The predicted octanol–water partition coefficient (Wildman–Crippen LogP) is 4.22. The van der Waals surface area contributed by atoms with Crippen molar-refractivity contribution in [2.45, 2.75) is 23.3 Å². The maximum absolute atomic E-state index is 5.29. The molecule has 0 fully saturated rings. The number of nitrogens with one attached hydrogen (secondary N) is 1. The van der Waals surface area contributed by atoms with Gasteiger partial charge in [-0.3, -0.25) is 0 Å². The monoisotopic (exact) mass is 311 g/mol. The van der Waals surface area contributed by atoms with Crippen molar-refractivity contribution in [2.24, 2.45) is 0 Å². The summed E-state index contributed by atoms with van der Waals surface area (Å²) in [4.78, 5) is 2.37. The van der Waals surface area contributed by atoms with Crippen molar-refractivity contribution >= 4 is 27.7 Å². The zero-order valence-electron chi connectivity index (χ0n) is 9.79. The lowest BCUT2D eigenvalue weighted by Gasteiger charge is -2.06. The van der Waals surface area contributed by atoms with E-state index in [0.717, 1.165) is 16.8 Å². The minimum atomic E-state index is 0.871. The van der Waals surface area contributed by atoms with E-state index < -0.39 is 0 Å². The third kappa shape index (κ3) is 3.15. The van der Waals surface area contributed by atoms with Crippen molar-refractivity contribution < 1.29 is 4.42 Å². The van der Waals surface area contributed by atoms with Crippen molar-refractivity contribution in [2.75, 3.05) is 7.05 Å². The molecule has 0 saturated carbocycles. The molecule has 0 radical (unpaired) electrons. The van der Waals surface area contributed by atoms with Crippen molar-refractivity contribution in [3.05, 3.63) is 46.3 Å². The summed E-state index contributed by atoms with van der Waals surface area (Å²) in [6.07, 6.45) is 1.72. The van der Waals surface area contributed by atoms with Crippen LogP contribution in [0.25, 0.3) is 0 Å². The van der Waals surface area contributed by atoms with Gasteiger partial charge in [-0.05, 0) is 37.7 Å². The lowest BCUT2D eigenvalue weighted by Crippen LogP contribution is -2.05. The number of rotatable bonds is 4. The highest BCUT2D eigenvalue weighted by Gasteiger charge is 2.06. The summed E-state index contributed by atoms with van der Waals surface area (Å²) < 4.78 is 6.42. The third-order valence-corrected chi connectivity index (χ3v) is 4.30. The fraction of sp³-hybridized carbons (Fsp3) is 0.231. The molecule has 1 aromatic carbocycles. The van der Waals surface area contributed by atoms with E-state index in [1.165, 1.54) is 15.4 Å². The van der Waals surface area contributed by atoms with Gasteiger partial charge in [0.05, 0.1) is 11.2 Å². The molecule has 1 aromatic heterocycles. The van der Waals surface area contributed by atoms with E-state index >= 15 is 0 Å². The lowest BCUT2D eigenvalue weighted by atomic mass is 10.2. The molecule has 4 heteroatoms. The second-order valence-corrected chi connectivity index (χ2v) is 5.70. The summed E-state index contributed by atoms with van der Waals surface area (Å²) in [6.45, 7) is 2.85. The number of hydrogen-bond donors (Lipinski definition) is 1. The van der Waals surface area contributed by atoms with Gasteiger partial charge in [0.15, 0.2) is 0 Å². The summed E-state index contributed by atoms with van der Waals surface area (Å²) in [5.74, 6) is 0.963. The van der Waals surface area contributed by atoms with Gasteiger partial charge in [-0.15, -0.1) is 0 Å². The normalized spacial score (nSPS) is 10.8. The molecule has 0 aliphatic carbocycles. The van der Waals surface area contributed by atoms with Gasteiger partial charge in [0.1, 0.15) is 5.76 Å². The number of benzene rings is 1. The molecule has 0 bridgehead atoms. The fourth-order valence-corrected chi connectivity index (χ4v) is 3.08. The van der Waals surface area contributed by atoms with Crippen LogP contribution < -0.4 is 5.32 Å². The number of hydrogen-bond acceptors (Lipinski definition) is 3. The highest BCUT2D eigenvalue weighted by atomic mass is 79.9. The van der Waals surface area contributed by atoms with Crippen molar-refractivity contribution in [3.8, 4) is 0 Å². The van der Waals surface area contributed by atoms with Gasteiger partial charge < -0.3 is 9.73 Å². The number of furan rings is 1. The van der Waals surface area contributed by atoms with Crippen LogP contribution in [0, 0.1) is 6.92 Å². The Kier molecular flexibility index (Phi) is 4.31. The molecule has 0 spiro atoms. The van der Waals surface area contributed by atoms with Crippen LogP contribution in [0.3, 0.4) is 0 Å². The smallest absolute Gasteiger partial charge is 0.114 e. The SMILES string of the molecule is CNCc1ccc(Sc2ccoc2C)cc1Br. The van der Waals surface area contributed by atoms with Crippen molar-refractivity contribution in [1.29, 1.82) is 0 Å². The Labute approximate surface area is 114 Å². The molecule has 0 aliphatic rings. The van der Waals surface area contributed by atoms with Crippen LogP contribution in [0.2, 0.25) is 0 Å². The molecule has 2 rings (SSSR count). The van der Waals surface area contributed by atoms with Gasteiger partial charge in [0.25, 0.3) is 0 Å². The molecule has 0 saturated heterocycles. The Morgan fingerprint density at radius 3 is 2.76 bits per heavy atom. The molecule has 0 aliphatic heterocycles. The molecule has 0 amide bonds. The fourth-order valence-electron chi connectivity index (χ4n) is 1.53. The van der Waals surface area contributed by atoms with Gasteiger partial charge in [-0.25, -0.2) is 0 Å². The first-order valence-electron chi connectivity index (χ1n) is 5.35. The average molecular weight is 312 g/mol. The molecule has 17 heavy (non-hydrogen) atoms. The first-order chi connectivity index (χ1) is 8.20. The van der Waals surface area contributed by atoms with E-state index in [0.29, 0.717) is 0 Å². The Morgan fingerprint density at radius 1 is 1.35 bits per heavy atom. The number of halogens is 1. The topological polar surface area (TPSA) is 25.2 Å². The summed E-state index contributed by atoms with van der Waals surface area (Å²) >= 11 is 5.31. The summed E-state index contributed by atoms with van der Waals surface area (Å²) in [6, 6.07) is 8.41. The first-order valence-corrected chi connectivity index (χ1v) is 6.96. The summed E-state index contributed by atoms with van der Waals surface area (Å²) in [7, 11) is 1.95. The van der Waals surface area contributed by atoms with Gasteiger partial charge in [0.2, 0.25) is 0 Å². The van der Waals surface area contributed by atoms with Crippen LogP contribution in [0.4, 0.5) is 0 Å². The molecule has 2 nitrogen and oxygen atoms in total. The highest BCUT2D eigenvalue weighted by molar-refractivity contribution is 9.10. The zero-order chi connectivity index (χ0) is 12.3. The predicted molar refractivity (Wildman–Crippen MR) is 74.5 cm³/mol. The maximum atomic E-state index is 5.29. The third-order valence-electron chi connectivity index (χ3n) is 2.43. The first kappa shape index (κ1) is 12.7. The van der Waals surface area contributed by atoms with Gasteiger partial charge in [-0.2, -0.15) is 0 Å². The molecular formula is C13H14BrNOS. The van der Waals surface area contributed by atoms with Crippen LogP contribution in [0.1, 0.15) is 11.3 Å². The Bertz CT molecular complexity index is 510. The van der Waals surface area contributed by atoms with Crippen LogP contribution in [-0.4, -0.2) is 7.05 Å². The van der Waals surface area contributed by atoms with E-state index in [1.807, 2.05) is 20.0 Å². The van der Waals surface area contributed by atoms with Gasteiger partial charge >= 0.3 is 0 Å². The second kappa shape index (κ2) is 5.76. The van der Waals surface area contributed by atoms with E-state index in [2.05, 4.69) is 39.4 Å². The minimum Gasteiger partial charge on any atom is -0.468 e. The summed E-state index contributed by atoms with van der Waals surface area (Å²) in [5, 5.41) is 3.15. The van der Waals surface area contributed by atoms with Gasteiger partial charge in [-0.1, -0.05) is 33.8 Å². The quantitative estimate of drug-likeness (QED) is 0.915. The minimum absolute atomic E-state index is 0.871. The van der Waals surface area contributed by atoms with Crippen molar-refractivity contribution in [1.82, 2.24) is 5.32 Å². The largest absolute Gasteiger partial charge is 0.468 e. The molecule has 1 N–H and O–H groups in total. The molecule has 2 aromatic rings. The Balaban J connectivity index is 2.18.